The van der Waals surface area contributed by atoms with Crippen LogP contribution in [0.15, 0.2) is 42.5 Å². The molecule has 0 saturated carbocycles. The number of likely N-dealkylation sites (N-methyl/N-ethyl adjacent to an activating group) is 1. The van der Waals surface area contributed by atoms with Crippen molar-refractivity contribution >= 4 is 0 Å². The topological polar surface area (TPSA) is 68.5 Å². The average Bonchev–Trinajstić information content (AvgIpc) is 3.28. The maximum atomic E-state index is 13.6. The SMILES string of the molecule is COc1ccc(CCn2nnnc2[C@@H](c2ccc(F)cc2)N2CCN(C)CC2)cc1OC. The first-order valence-corrected chi connectivity index (χ1v) is 10.7. The molecule has 1 aliphatic heterocycles. The number of rotatable bonds is 8. The minimum absolute atomic E-state index is 0.135. The van der Waals surface area contributed by atoms with E-state index in [9.17, 15) is 4.39 Å². The quantitative estimate of drug-likeness (QED) is 0.533. The Balaban J connectivity index is 1.58. The zero-order valence-corrected chi connectivity index (χ0v) is 18.7. The lowest BCUT2D eigenvalue weighted by Gasteiger charge is -2.37. The first kappa shape index (κ1) is 22.2. The van der Waals surface area contributed by atoms with Crippen molar-refractivity contribution in [3.05, 3.63) is 65.2 Å². The minimum Gasteiger partial charge on any atom is -0.493 e. The van der Waals surface area contributed by atoms with Gasteiger partial charge in [-0.1, -0.05) is 18.2 Å². The second kappa shape index (κ2) is 10.1. The van der Waals surface area contributed by atoms with Gasteiger partial charge in [-0.2, -0.15) is 0 Å². The fraction of sp³-hybridized carbons (Fsp3) is 0.435. The molecule has 0 aliphatic carbocycles. The lowest BCUT2D eigenvalue weighted by Crippen LogP contribution is -2.46. The Kier molecular flexibility index (Phi) is 6.96. The van der Waals surface area contributed by atoms with Crippen molar-refractivity contribution in [2.75, 3.05) is 47.4 Å². The number of halogens is 1. The van der Waals surface area contributed by atoms with Crippen molar-refractivity contribution in [2.24, 2.45) is 0 Å². The highest BCUT2D eigenvalue weighted by molar-refractivity contribution is 5.42. The molecule has 1 saturated heterocycles. The van der Waals surface area contributed by atoms with Gasteiger partial charge in [0.15, 0.2) is 17.3 Å². The molecule has 1 fully saturated rings. The normalized spacial score (nSPS) is 16.1. The Morgan fingerprint density at radius 1 is 0.969 bits per heavy atom. The Bertz CT molecular complexity index is 1020. The van der Waals surface area contributed by atoms with E-state index < -0.39 is 0 Å². The maximum absolute atomic E-state index is 13.6. The molecule has 2 aromatic carbocycles. The monoisotopic (exact) mass is 440 g/mol. The van der Waals surface area contributed by atoms with E-state index >= 15 is 0 Å². The number of methoxy groups -OCH3 is 2. The van der Waals surface area contributed by atoms with Crippen molar-refractivity contribution in [3.63, 3.8) is 0 Å². The van der Waals surface area contributed by atoms with E-state index in [0.29, 0.717) is 18.0 Å². The number of nitrogens with zero attached hydrogens (tertiary/aromatic N) is 6. The molecular weight excluding hydrogens is 411 g/mol. The smallest absolute Gasteiger partial charge is 0.173 e. The van der Waals surface area contributed by atoms with Gasteiger partial charge in [-0.05, 0) is 59.3 Å². The summed E-state index contributed by atoms with van der Waals surface area (Å²) in [5.41, 5.74) is 2.08. The molecule has 170 valence electrons. The van der Waals surface area contributed by atoms with Crippen molar-refractivity contribution in [1.29, 1.82) is 0 Å². The van der Waals surface area contributed by atoms with Crippen molar-refractivity contribution < 1.29 is 13.9 Å². The largest absolute Gasteiger partial charge is 0.493 e. The molecular formula is C23H29FN6O2. The highest BCUT2D eigenvalue weighted by Crippen LogP contribution is 2.30. The van der Waals surface area contributed by atoms with Gasteiger partial charge in [0.25, 0.3) is 0 Å². The van der Waals surface area contributed by atoms with Crippen LogP contribution in [-0.4, -0.2) is 77.5 Å². The van der Waals surface area contributed by atoms with Gasteiger partial charge in [-0.3, -0.25) is 4.90 Å². The first-order valence-electron chi connectivity index (χ1n) is 10.7. The molecule has 0 unspecified atom stereocenters. The summed E-state index contributed by atoms with van der Waals surface area (Å²) in [4.78, 5) is 4.67. The minimum atomic E-state index is -0.251. The molecule has 32 heavy (non-hydrogen) atoms. The molecule has 1 aromatic heterocycles. The van der Waals surface area contributed by atoms with Crippen LogP contribution in [0.4, 0.5) is 4.39 Å². The summed E-state index contributed by atoms with van der Waals surface area (Å²) >= 11 is 0. The Labute approximate surface area is 187 Å². The summed E-state index contributed by atoms with van der Waals surface area (Å²) in [6.07, 6.45) is 0.733. The molecule has 2 heterocycles. The van der Waals surface area contributed by atoms with E-state index in [2.05, 4.69) is 32.4 Å². The van der Waals surface area contributed by atoms with Crippen LogP contribution in [0.3, 0.4) is 0 Å². The van der Waals surface area contributed by atoms with E-state index in [1.165, 1.54) is 12.1 Å². The van der Waals surface area contributed by atoms with Crippen LogP contribution in [0, 0.1) is 5.82 Å². The molecule has 0 bridgehead atoms. The third kappa shape index (κ3) is 4.89. The molecule has 1 atom stereocenters. The number of piperazine rings is 1. The highest BCUT2D eigenvalue weighted by Gasteiger charge is 2.30. The molecule has 0 amide bonds. The van der Waals surface area contributed by atoms with E-state index in [1.54, 1.807) is 14.2 Å². The lowest BCUT2D eigenvalue weighted by molar-refractivity contribution is 0.121. The van der Waals surface area contributed by atoms with Gasteiger partial charge in [0.05, 0.1) is 20.3 Å². The van der Waals surface area contributed by atoms with Crippen LogP contribution < -0.4 is 9.47 Å². The lowest BCUT2D eigenvalue weighted by atomic mass is 10.0. The van der Waals surface area contributed by atoms with Crippen molar-refractivity contribution in [2.45, 2.75) is 19.0 Å². The van der Waals surface area contributed by atoms with Crippen LogP contribution in [0.1, 0.15) is 23.0 Å². The molecule has 1 aliphatic rings. The van der Waals surface area contributed by atoms with Crippen LogP contribution in [0.25, 0.3) is 0 Å². The van der Waals surface area contributed by atoms with Crippen LogP contribution in [-0.2, 0) is 13.0 Å². The fourth-order valence-electron chi connectivity index (χ4n) is 4.09. The van der Waals surface area contributed by atoms with Crippen molar-refractivity contribution in [1.82, 2.24) is 30.0 Å². The standard InChI is InChI=1S/C23H29FN6O2/c1-28-12-14-29(15-13-28)22(18-5-7-19(24)8-6-18)23-25-26-27-30(23)11-10-17-4-9-20(31-2)21(16-17)32-3/h4-9,16,22H,10-15H2,1-3H3/t22-/m1/s1. The molecule has 8 nitrogen and oxygen atoms in total. The summed E-state index contributed by atoms with van der Waals surface area (Å²) in [6, 6.07) is 12.4. The Morgan fingerprint density at radius 3 is 2.38 bits per heavy atom. The average molecular weight is 441 g/mol. The third-order valence-corrected chi connectivity index (χ3v) is 5.95. The van der Waals surface area contributed by atoms with Gasteiger partial charge in [0, 0.05) is 32.7 Å². The summed E-state index contributed by atoms with van der Waals surface area (Å²) in [7, 11) is 5.38. The number of ether oxygens (including phenoxy) is 2. The first-order chi connectivity index (χ1) is 15.6. The van der Waals surface area contributed by atoms with Gasteiger partial charge in [-0.25, -0.2) is 9.07 Å². The Morgan fingerprint density at radius 2 is 1.69 bits per heavy atom. The number of aryl methyl sites for hydroxylation is 2. The predicted molar refractivity (Wildman–Crippen MR) is 118 cm³/mol. The second-order valence-corrected chi connectivity index (χ2v) is 7.99. The zero-order valence-electron chi connectivity index (χ0n) is 18.7. The number of aromatic nitrogens is 4. The van der Waals surface area contributed by atoms with E-state index in [0.717, 1.165) is 49.6 Å². The molecule has 0 spiro atoms. The third-order valence-electron chi connectivity index (χ3n) is 5.95. The number of hydrogen-bond acceptors (Lipinski definition) is 7. The van der Waals surface area contributed by atoms with E-state index in [1.807, 2.05) is 35.0 Å². The summed E-state index contributed by atoms with van der Waals surface area (Å²) < 4.78 is 26.2. The van der Waals surface area contributed by atoms with Gasteiger partial charge >= 0.3 is 0 Å². The molecule has 3 aromatic rings. The van der Waals surface area contributed by atoms with E-state index in [4.69, 9.17) is 9.47 Å². The van der Waals surface area contributed by atoms with Gasteiger partial charge in [0.1, 0.15) is 5.82 Å². The molecule has 0 N–H and O–H groups in total. The highest BCUT2D eigenvalue weighted by atomic mass is 19.1. The van der Waals surface area contributed by atoms with Gasteiger partial charge in [-0.15, -0.1) is 5.10 Å². The van der Waals surface area contributed by atoms with Gasteiger partial charge < -0.3 is 14.4 Å². The van der Waals surface area contributed by atoms with Gasteiger partial charge in [0.2, 0.25) is 0 Å². The fourth-order valence-corrected chi connectivity index (χ4v) is 4.09. The molecule has 0 radical (unpaired) electrons. The van der Waals surface area contributed by atoms with Crippen LogP contribution in [0.2, 0.25) is 0 Å². The van der Waals surface area contributed by atoms with Crippen LogP contribution >= 0.6 is 0 Å². The number of tetrazole rings is 1. The predicted octanol–water partition coefficient (Wildman–Crippen LogP) is 2.41. The number of hydrogen-bond donors (Lipinski definition) is 0. The van der Waals surface area contributed by atoms with Crippen molar-refractivity contribution in [3.8, 4) is 11.5 Å². The molecule has 4 rings (SSSR count). The summed E-state index contributed by atoms with van der Waals surface area (Å²) in [6.45, 7) is 4.32. The summed E-state index contributed by atoms with van der Waals surface area (Å²) in [5, 5.41) is 12.6. The zero-order chi connectivity index (χ0) is 22.5. The Hall–Kier alpha value is -3.04. The summed E-state index contributed by atoms with van der Waals surface area (Å²) in [5.74, 6) is 1.91. The maximum Gasteiger partial charge on any atom is 0.173 e. The van der Waals surface area contributed by atoms with E-state index in [-0.39, 0.29) is 11.9 Å². The number of benzene rings is 2. The molecule has 9 heteroatoms. The van der Waals surface area contributed by atoms with Crippen LogP contribution in [0.5, 0.6) is 11.5 Å². The second-order valence-electron chi connectivity index (χ2n) is 7.99.